The fraction of sp³-hybridized carbons (Fsp3) is 0.500. The van der Waals surface area contributed by atoms with Gasteiger partial charge in [0.25, 0.3) is 0 Å². The molecule has 4 rings (SSSR count). The van der Waals surface area contributed by atoms with Gasteiger partial charge in [-0.1, -0.05) is 24.6 Å². The minimum absolute atomic E-state index is 0.0277. The molecule has 1 amide bonds. The number of amides is 1. The van der Waals surface area contributed by atoms with Crippen molar-refractivity contribution in [3.05, 3.63) is 46.4 Å². The second-order valence-electron chi connectivity index (χ2n) is 8.14. The first-order valence-electron chi connectivity index (χ1n) is 10.3. The van der Waals surface area contributed by atoms with E-state index in [4.69, 9.17) is 4.74 Å². The fourth-order valence-electron chi connectivity index (χ4n) is 4.37. The van der Waals surface area contributed by atoms with E-state index in [0.29, 0.717) is 12.2 Å². The van der Waals surface area contributed by atoms with E-state index in [-0.39, 0.29) is 29.7 Å². The predicted molar refractivity (Wildman–Crippen MR) is 112 cm³/mol. The Hall–Kier alpha value is -2.67. The molecule has 2 heterocycles. The van der Waals surface area contributed by atoms with E-state index in [0.717, 1.165) is 42.1 Å². The summed E-state index contributed by atoms with van der Waals surface area (Å²) in [4.78, 5) is 25.7. The third kappa shape index (κ3) is 3.79. The molecule has 29 heavy (non-hydrogen) atoms. The number of carbonyl (C=O) groups excluding carboxylic acids is 1. The van der Waals surface area contributed by atoms with Gasteiger partial charge in [-0.3, -0.25) is 4.79 Å². The maximum Gasteiger partial charge on any atom is 0.350 e. The van der Waals surface area contributed by atoms with Crippen LogP contribution in [0.2, 0.25) is 0 Å². The number of aryl methyl sites for hydroxylation is 1. The van der Waals surface area contributed by atoms with Gasteiger partial charge in [0.1, 0.15) is 0 Å². The van der Waals surface area contributed by atoms with Crippen LogP contribution in [0, 0.1) is 12.8 Å². The van der Waals surface area contributed by atoms with E-state index < -0.39 is 0 Å². The molecule has 154 valence electrons. The van der Waals surface area contributed by atoms with Crippen LogP contribution in [0.25, 0.3) is 16.6 Å². The van der Waals surface area contributed by atoms with Crippen molar-refractivity contribution in [3.8, 4) is 0 Å². The number of hydrogen-bond acceptors (Lipinski definition) is 4. The standard InChI is InChI=1S/C22H28N4O3/c1-14-11-16-7-4-5-10-19(16)26-20(14)24-25(22(26)28)13-15(2)23-21(27)17-8-6-9-18(12-17)29-3/h4-5,7,10-11,15,17-18H,6,8-9,12-13H2,1-3H3,(H,23,27)/t15-,17+,18-/m1/s1. The third-order valence-corrected chi connectivity index (χ3v) is 5.91. The zero-order valence-electron chi connectivity index (χ0n) is 17.2. The molecule has 1 fully saturated rings. The van der Waals surface area contributed by atoms with Crippen LogP contribution in [0.3, 0.4) is 0 Å². The summed E-state index contributed by atoms with van der Waals surface area (Å²) in [5.41, 5.74) is 2.26. The summed E-state index contributed by atoms with van der Waals surface area (Å²) >= 11 is 0. The number of benzene rings is 1. The molecule has 1 N–H and O–H groups in total. The second kappa shape index (κ2) is 7.99. The summed E-state index contributed by atoms with van der Waals surface area (Å²) in [6.07, 6.45) is 3.82. The molecule has 0 saturated heterocycles. The zero-order valence-corrected chi connectivity index (χ0v) is 17.2. The Morgan fingerprint density at radius 2 is 2.14 bits per heavy atom. The Labute approximate surface area is 169 Å². The van der Waals surface area contributed by atoms with Crippen molar-refractivity contribution in [1.29, 1.82) is 0 Å². The molecule has 1 saturated carbocycles. The Morgan fingerprint density at radius 1 is 1.34 bits per heavy atom. The fourth-order valence-corrected chi connectivity index (χ4v) is 4.37. The topological polar surface area (TPSA) is 77.6 Å². The third-order valence-electron chi connectivity index (χ3n) is 5.91. The second-order valence-corrected chi connectivity index (χ2v) is 8.14. The van der Waals surface area contributed by atoms with Gasteiger partial charge in [0.2, 0.25) is 5.91 Å². The Kier molecular flexibility index (Phi) is 5.41. The summed E-state index contributed by atoms with van der Waals surface area (Å²) in [6, 6.07) is 9.64. The minimum Gasteiger partial charge on any atom is -0.381 e. The van der Waals surface area contributed by atoms with Gasteiger partial charge in [0, 0.05) is 19.1 Å². The van der Waals surface area contributed by atoms with Crippen molar-refractivity contribution < 1.29 is 9.53 Å². The van der Waals surface area contributed by atoms with E-state index in [1.54, 1.807) is 11.5 Å². The number of methoxy groups -OCH3 is 1. The van der Waals surface area contributed by atoms with Crippen LogP contribution < -0.4 is 11.0 Å². The summed E-state index contributed by atoms with van der Waals surface area (Å²) < 4.78 is 8.54. The highest BCUT2D eigenvalue weighted by Crippen LogP contribution is 2.26. The predicted octanol–water partition coefficient (Wildman–Crippen LogP) is 2.67. The van der Waals surface area contributed by atoms with Crippen LogP contribution in [0.5, 0.6) is 0 Å². The number of pyridine rings is 1. The molecule has 2 aromatic heterocycles. The first-order chi connectivity index (χ1) is 14.0. The lowest BCUT2D eigenvalue weighted by Crippen LogP contribution is -2.43. The molecule has 0 unspecified atom stereocenters. The lowest BCUT2D eigenvalue weighted by Gasteiger charge is -2.28. The minimum atomic E-state index is -0.195. The first-order valence-corrected chi connectivity index (χ1v) is 10.3. The maximum atomic E-state index is 13.0. The Balaban J connectivity index is 1.54. The monoisotopic (exact) mass is 396 g/mol. The quantitative estimate of drug-likeness (QED) is 0.719. The van der Waals surface area contributed by atoms with E-state index in [9.17, 15) is 9.59 Å². The number of fused-ring (bicyclic) bond motifs is 3. The lowest BCUT2D eigenvalue weighted by molar-refractivity contribution is -0.128. The molecule has 0 spiro atoms. The first kappa shape index (κ1) is 19.6. The summed E-state index contributed by atoms with van der Waals surface area (Å²) in [5.74, 6) is 0.0119. The molecule has 1 aliphatic carbocycles. The van der Waals surface area contributed by atoms with Crippen LogP contribution in [-0.4, -0.2) is 39.3 Å². The Morgan fingerprint density at radius 3 is 2.93 bits per heavy atom. The van der Waals surface area contributed by atoms with Gasteiger partial charge < -0.3 is 10.1 Å². The summed E-state index contributed by atoms with van der Waals surface area (Å²) in [5, 5.41) is 8.61. The highest BCUT2D eigenvalue weighted by Gasteiger charge is 2.28. The van der Waals surface area contributed by atoms with Gasteiger partial charge in [0.05, 0.1) is 18.2 Å². The van der Waals surface area contributed by atoms with Gasteiger partial charge >= 0.3 is 5.69 Å². The van der Waals surface area contributed by atoms with Crippen molar-refractivity contribution in [2.45, 2.75) is 58.2 Å². The summed E-state index contributed by atoms with van der Waals surface area (Å²) in [7, 11) is 1.70. The van der Waals surface area contributed by atoms with Gasteiger partial charge in [-0.2, -0.15) is 0 Å². The van der Waals surface area contributed by atoms with E-state index in [1.165, 1.54) is 4.68 Å². The van der Waals surface area contributed by atoms with Crippen LogP contribution >= 0.6 is 0 Å². The highest BCUT2D eigenvalue weighted by atomic mass is 16.5. The number of carbonyl (C=O) groups is 1. The van der Waals surface area contributed by atoms with Gasteiger partial charge in [-0.15, -0.1) is 5.10 Å². The molecule has 3 atom stereocenters. The number of para-hydroxylation sites is 1. The number of ether oxygens (including phenoxy) is 1. The van der Waals surface area contributed by atoms with Crippen LogP contribution in [0.1, 0.15) is 38.2 Å². The lowest BCUT2D eigenvalue weighted by atomic mass is 9.86. The van der Waals surface area contributed by atoms with Gasteiger partial charge in [0.15, 0.2) is 5.65 Å². The molecule has 1 aromatic carbocycles. The van der Waals surface area contributed by atoms with Crippen molar-refractivity contribution in [2.24, 2.45) is 5.92 Å². The average molecular weight is 396 g/mol. The summed E-state index contributed by atoms with van der Waals surface area (Å²) in [6.45, 7) is 4.20. The molecule has 7 heteroatoms. The molecule has 0 radical (unpaired) electrons. The van der Waals surface area contributed by atoms with Crippen LogP contribution in [0.4, 0.5) is 0 Å². The molecule has 0 aliphatic heterocycles. The van der Waals surface area contributed by atoms with Gasteiger partial charge in [-0.25, -0.2) is 13.9 Å². The number of nitrogens with zero attached hydrogens (tertiary/aromatic N) is 3. The van der Waals surface area contributed by atoms with Crippen molar-refractivity contribution in [1.82, 2.24) is 19.5 Å². The molecule has 1 aliphatic rings. The number of nitrogens with one attached hydrogen (secondary N) is 1. The average Bonchev–Trinajstić information content (AvgIpc) is 3.05. The smallest absolute Gasteiger partial charge is 0.350 e. The Bertz CT molecular complexity index is 1100. The van der Waals surface area contributed by atoms with Crippen molar-refractivity contribution in [3.63, 3.8) is 0 Å². The van der Waals surface area contributed by atoms with Crippen molar-refractivity contribution in [2.75, 3.05) is 7.11 Å². The molecule has 0 bridgehead atoms. The van der Waals surface area contributed by atoms with E-state index in [2.05, 4.69) is 10.4 Å². The molecular formula is C22H28N4O3. The van der Waals surface area contributed by atoms with Crippen LogP contribution in [-0.2, 0) is 16.1 Å². The number of hydrogen-bond donors (Lipinski definition) is 1. The van der Waals surface area contributed by atoms with Gasteiger partial charge in [-0.05, 0) is 56.2 Å². The van der Waals surface area contributed by atoms with Crippen LogP contribution in [0.15, 0.2) is 35.1 Å². The zero-order chi connectivity index (χ0) is 20.5. The highest BCUT2D eigenvalue weighted by molar-refractivity contribution is 5.83. The SMILES string of the molecule is CO[C@@H]1CCC[C@H](C(=O)N[C@H](C)Cn2nc3c(C)cc4ccccc4n3c2=O)C1. The largest absolute Gasteiger partial charge is 0.381 e. The van der Waals surface area contributed by atoms with E-state index in [1.807, 2.05) is 44.2 Å². The molecule has 3 aromatic rings. The van der Waals surface area contributed by atoms with E-state index >= 15 is 0 Å². The number of aromatic nitrogens is 3. The molecular weight excluding hydrogens is 368 g/mol. The van der Waals surface area contributed by atoms with Crippen molar-refractivity contribution >= 4 is 22.5 Å². The normalized spacial score (nSPS) is 20.8. The maximum absolute atomic E-state index is 13.0. The molecule has 7 nitrogen and oxygen atoms in total. The number of rotatable bonds is 5.